The second-order valence-electron chi connectivity index (χ2n) is 13.8. The minimum atomic E-state index is -5.12. The van der Waals surface area contributed by atoms with Crippen molar-refractivity contribution in [1.29, 1.82) is 5.26 Å². The molecule has 2 N–H and O–H groups in total. The zero-order valence-electron chi connectivity index (χ0n) is 27.1. The Bertz CT molecular complexity index is 2180. The number of hydrogen-bond donors (Lipinski definition) is 1. The molecule has 0 radical (unpaired) electrons. The van der Waals surface area contributed by atoms with Gasteiger partial charge in [0.15, 0.2) is 5.82 Å². The molecule has 3 saturated heterocycles. The van der Waals surface area contributed by atoms with Gasteiger partial charge in [0, 0.05) is 48.9 Å². The van der Waals surface area contributed by atoms with Gasteiger partial charge < -0.3 is 20.3 Å². The maximum absolute atomic E-state index is 17.1. The summed E-state index contributed by atoms with van der Waals surface area (Å²) < 4.78 is 97.6. The number of ether oxygens (including phenoxy) is 1. The number of carbonyl (C=O) groups excluding carboxylic acids is 1. The zero-order valence-corrected chi connectivity index (χ0v) is 27.9. The SMILES string of the molecule is C=CC(=O)N1CCN(c2nc(OC[C@@]34CCCN3C[C@H](F)C4)nc3c(F)c(-c4ccc(F)c5sc(N)c(C#N)c45)c(C(F)(F)F)cc23)CC12CC2. The zero-order chi connectivity index (χ0) is 36.0. The van der Waals surface area contributed by atoms with Crippen LogP contribution in [0.3, 0.4) is 0 Å². The van der Waals surface area contributed by atoms with Crippen molar-refractivity contribution in [2.75, 3.05) is 50.0 Å². The number of nitrogens with two attached hydrogens (primary N) is 1. The maximum atomic E-state index is 17.1. The molecular weight excluding hydrogens is 696 g/mol. The lowest BCUT2D eigenvalue weighted by molar-refractivity contribution is -0.137. The molecular formula is C35H31F6N7O2S. The number of aromatic nitrogens is 2. The first kappa shape index (κ1) is 33.5. The molecule has 1 saturated carbocycles. The fourth-order valence-electron chi connectivity index (χ4n) is 8.32. The van der Waals surface area contributed by atoms with E-state index in [1.54, 1.807) is 9.80 Å². The summed E-state index contributed by atoms with van der Waals surface area (Å²) in [7, 11) is 0. The molecule has 0 unspecified atom stereocenters. The Balaban J connectivity index is 1.33. The molecule has 3 aliphatic heterocycles. The first-order chi connectivity index (χ1) is 24.3. The van der Waals surface area contributed by atoms with Crippen LogP contribution in [-0.2, 0) is 11.0 Å². The number of carbonyl (C=O) groups is 1. The molecule has 2 atom stereocenters. The van der Waals surface area contributed by atoms with Gasteiger partial charge in [-0.1, -0.05) is 12.6 Å². The van der Waals surface area contributed by atoms with E-state index in [0.717, 1.165) is 24.6 Å². The van der Waals surface area contributed by atoms with Crippen LogP contribution in [0.1, 0.15) is 43.2 Å². The van der Waals surface area contributed by atoms with Gasteiger partial charge in [-0.15, -0.1) is 11.3 Å². The Labute approximate surface area is 291 Å². The number of nitrogens with zero attached hydrogens (tertiary/aromatic N) is 6. The molecule has 0 bridgehead atoms. The average Bonchev–Trinajstić information content (AvgIpc) is 3.43. The molecule has 9 nitrogen and oxygen atoms in total. The summed E-state index contributed by atoms with van der Waals surface area (Å²) in [4.78, 5) is 27.0. The number of nitriles is 1. The molecule has 1 spiro atoms. The Morgan fingerprint density at radius 3 is 2.69 bits per heavy atom. The fraction of sp³-hybridized carbons (Fsp3) is 0.429. The molecule has 266 valence electrons. The number of alkyl halides is 4. The number of anilines is 2. The number of rotatable bonds is 6. The molecule has 51 heavy (non-hydrogen) atoms. The van der Waals surface area contributed by atoms with Crippen molar-refractivity contribution in [1.82, 2.24) is 19.8 Å². The molecule has 1 amide bonds. The lowest BCUT2D eigenvalue weighted by Crippen LogP contribution is -2.57. The summed E-state index contributed by atoms with van der Waals surface area (Å²) in [6.45, 7) is 5.11. The van der Waals surface area contributed by atoms with Crippen molar-refractivity contribution >= 4 is 49.1 Å². The minimum Gasteiger partial charge on any atom is -0.461 e. The van der Waals surface area contributed by atoms with Gasteiger partial charge in [0.05, 0.1) is 26.9 Å². The summed E-state index contributed by atoms with van der Waals surface area (Å²) in [5, 5.41) is 9.23. The van der Waals surface area contributed by atoms with Crippen LogP contribution in [-0.4, -0.2) is 82.3 Å². The van der Waals surface area contributed by atoms with Gasteiger partial charge in [-0.25, -0.2) is 13.2 Å². The number of thiophene rings is 1. The first-order valence-electron chi connectivity index (χ1n) is 16.5. The maximum Gasteiger partial charge on any atom is 0.417 e. The summed E-state index contributed by atoms with van der Waals surface area (Å²) >= 11 is 0.680. The molecule has 4 fully saturated rings. The lowest BCUT2D eigenvalue weighted by Gasteiger charge is -2.42. The average molecular weight is 728 g/mol. The van der Waals surface area contributed by atoms with Gasteiger partial charge in [-0.05, 0) is 56.0 Å². The van der Waals surface area contributed by atoms with Gasteiger partial charge in [0.25, 0.3) is 0 Å². The van der Waals surface area contributed by atoms with Gasteiger partial charge in [-0.2, -0.15) is 28.4 Å². The van der Waals surface area contributed by atoms with E-state index >= 15 is 17.6 Å². The Hall–Kier alpha value is -4.62. The van der Waals surface area contributed by atoms with Gasteiger partial charge in [0.2, 0.25) is 5.91 Å². The third kappa shape index (κ3) is 5.26. The third-order valence-corrected chi connectivity index (χ3v) is 11.9. The van der Waals surface area contributed by atoms with E-state index in [-0.39, 0.29) is 88.5 Å². The number of amides is 1. The quantitative estimate of drug-likeness (QED) is 0.175. The number of nitrogen functional groups attached to an aromatic ring is 1. The predicted molar refractivity (Wildman–Crippen MR) is 179 cm³/mol. The van der Waals surface area contributed by atoms with Crippen molar-refractivity contribution in [3.8, 4) is 23.2 Å². The van der Waals surface area contributed by atoms with E-state index in [0.29, 0.717) is 37.1 Å². The highest BCUT2D eigenvalue weighted by Gasteiger charge is 2.53. The van der Waals surface area contributed by atoms with Crippen LogP contribution in [0.5, 0.6) is 6.01 Å². The molecule has 4 aliphatic rings. The van der Waals surface area contributed by atoms with E-state index in [9.17, 15) is 18.8 Å². The molecule has 1 aliphatic carbocycles. The fourth-order valence-corrected chi connectivity index (χ4v) is 9.27. The van der Waals surface area contributed by atoms with Gasteiger partial charge in [0.1, 0.15) is 41.0 Å². The third-order valence-electron chi connectivity index (χ3n) is 10.8. The summed E-state index contributed by atoms with van der Waals surface area (Å²) in [5.74, 6) is -2.48. The van der Waals surface area contributed by atoms with Crippen LogP contribution in [0.4, 0.5) is 37.2 Å². The Morgan fingerprint density at radius 2 is 1.98 bits per heavy atom. The highest BCUT2D eigenvalue weighted by Crippen LogP contribution is 2.50. The van der Waals surface area contributed by atoms with Crippen LogP contribution < -0.4 is 15.4 Å². The van der Waals surface area contributed by atoms with E-state index in [1.165, 1.54) is 6.08 Å². The summed E-state index contributed by atoms with van der Waals surface area (Å²) in [6, 6.07) is 4.19. The van der Waals surface area contributed by atoms with Crippen LogP contribution in [0.25, 0.3) is 32.1 Å². The summed E-state index contributed by atoms with van der Waals surface area (Å²) in [5.41, 5.74) is 1.31. The highest BCUT2D eigenvalue weighted by molar-refractivity contribution is 7.23. The first-order valence-corrected chi connectivity index (χ1v) is 17.3. The van der Waals surface area contributed by atoms with Crippen LogP contribution >= 0.6 is 11.3 Å². The molecule has 5 heterocycles. The molecule has 8 rings (SSSR count). The van der Waals surface area contributed by atoms with E-state index in [4.69, 9.17) is 10.5 Å². The standard InChI is InChI=1S/C35H31F6N7O2S/c1-2-24(49)48-11-10-46(16-33(48)7-8-33)31-20-12-22(35(39,40)41)26(19-4-5-23(37)29-25(19)21(14-42)30(43)51-29)27(38)28(20)44-32(45-31)50-17-34-6-3-9-47(34)15-18(36)13-34/h2,4-5,12,18H,1,3,6-11,13,15-17,43H2/t18-,34+/m1/s1. The largest absolute Gasteiger partial charge is 0.461 e. The smallest absolute Gasteiger partial charge is 0.417 e. The van der Waals surface area contributed by atoms with E-state index in [2.05, 4.69) is 16.5 Å². The number of fused-ring (bicyclic) bond motifs is 3. The van der Waals surface area contributed by atoms with Crippen LogP contribution in [0.2, 0.25) is 0 Å². The molecule has 2 aromatic carbocycles. The minimum absolute atomic E-state index is 0.0137. The number of hydrogen-bond acceptors (Lipinski definition) is 9. The molecule has 16 heteroatoms. The number of benzene rings is 2. The highest BCUT2D eigenvalue weighted by atomic mass is 32.1. The van der Waals surface area contributed by atoms with Crippen molar-refractivity contribution in [3.05, 3.63) is 53.6 Å². The monoisotopic (exact) mass is 727 g/mol. The van der Waals surface area contributed by atoms with Crippen molar-refractivity contribution in [2.45, 2.75) is 55.5 Å². The Morgan fingerprint density at radius 1 is 1.20 bits per heavy atom. The second-order valence-corrected chi connectivity index (χ2v) is 14.8. The molecule has 2 aromatic heterocycles. The predicted octanol–water partition coefficient (Wildman–Crippen LogP) is 6.58. The Kier molecular flexibility index (Phi) is 7.69. The van der Waals surface area contributed by atoms with Crippen molar-refractivity contribution < 1.29 is 35.9 Å². The summed E-state index contributed by atoms with van der Waals surface area (Å²) in [6.07, 6.45) is -1.93. The topological polar surface area (TPSA) is 112 Å². The van der Waals surface area contributed by atoms with Crippen molar-refractivity contribution in [2.24, 2.45) is 0 Å². The van der Waals surface area contributed by atoms with Gasteiger partial charge >= 0.3 is 12.2 Å². The second kappa shape index (κ2) is 11.7. The normalized spacial score (nSPS) is 22.9. The van der Waals surface area contributed by atoms with E-state index < -0.39 is 51.7 Å². The molecule has 4 aromatic rings. The lowest BCUT2D eigenvalue weighted by atomic mass is 9.92. The van der Waals surface area contributed by atoms with E-state index in [1.807, 2.05) is 11.0 Å². The number of piperazine rings is 1. The van der Waals surface area contributed by atoms with Crippen LogP contribution in [0, 0.1) is 23.0 Å². The number of halogens is 6. The van der Waals surface area contributed by atoms with Crippen molar-refractivity contribution in [3.63, 3.8) is 0 Å². The van der Waals surface area contributed by atoms with Gasteiger partial charge in [-0.3, -0.25) is 9.69 Å². The van der Waals surface area contributed by atoms with Crippen LogP contribution in [0.15, 0.2) is 30.9 Å².